The average Bonchev–Trinajstić information content (AvgIpc) is 2.56. The summed E-state index contributed by atoms with van der Waals surface area (Å²) in [7, 11) is 1.65. The molecule has 0 heterocycles. The van der Waals surface area contributed by atoms with E-state index in [2.05, 4.69) is 5.32 Å². The Morgan fingerprint density at radius 2 is 1.57 bits per heavy atom. The molecule has 4 nitrogen and oxygen atoms in total. The first-order chi connectivity index (χ1) is 11.0. The predicted molar refractivity (Wildman–Crippen MR) is 95.0 cm³/mol. The number of hydrogen-bond donors (Lipinski definition) is 2. The third-order valence-electron chi connectivity index (χ3n) is 3.44. The molecule has 1 amide bonds. The molecule has 0 saturated heterocycles. The second-order valence-electron chi connectivity index (χ2n) is 5.56. The summed E-state index contributed by atoms with van der Waals surface area (Å²) in [6.07, 6.45) is 0. The van der Waals surface area contributed by atoms with Crippen molar-refractivity contribution in [3.63, 3.8) is 0 Å². The lowest BCUT2D eigenvalue weighted by atomic mass is 10.1. The van der Waals surface area contributed by atoms with Gasteiger partial charge in [0.1, 0.15) is 5.75 Å². The van der Waals surface area contributed by atoms with Crippen LogP contribution in [-0.4, -0.2) is 19.1 Å². The first kappa shape index (κ1) is 17.4. The first-order valence-corrected chi connectivity index (χ1v) is 8.29. The minimum absolute atomic E-state index is 0.111. The van der Waals surface area contributed by atoms with Gasteiger partial charge in [-0.2, -0.15) is 0 Å². The Bertz CT molecular complexity index is 639. The standard InChI is InChI=1S/C18H22N2O2S/c1-12(2)17(19)18(21)20-13-4-8-15(9-5-13)23-16-10-6-14(22-3)7-11-16/h4-12,17H,19H2,1-3H3,(H,20,21)/t17-/m0/s1. The van der Waals surface area contributed by atoms with Gasteiger partial charge < -0.3 is 15.8 Å². The van der Waals surface area contributed by atoms with Crippen molar-refractivity contribution in [2.75, 3.05) is 12.4 Å². The molecule has 2 rings (SSSR count). The van der Waals surface area contributed by atoms with Crippen LogP contribution in [0.5, 0.6) is 5.75 Å². The topological polar surface area (TPSA) is 64.3 Å². The highest BCUT2D eigenvalue weighted by atomic mass is 32.2. The van der Waals surface area contributed by atoms with E-state index in [-0.39, 0.29) is 11.8 Å². The Balaban J connectivity index is 1.97. The fourth-order valence-electron chi connectivity index (χ4n) is 1.91. The van der Waals surface area contributed by atoms with Crippen LogP contribution in [0.4, 0.5) is 5.69 Å². The zero-order valence-corrected chi connectivity index (χ0v) is 14.4. The lowest BCUT2D eigenvalue weighted by molar-refractivity contribution is -0.118. The van der Waals surface area contributed by atoms with Crippen molar-refractivity contribution in [2.45, 2.75) is 29.7 Å². The Hall–Kier alpha value is -1.98. The molecule has 0 radical (unpaired) electrons. The molecule has 23 heavy (non-hydrogen) atoms. The number of rotatable bonds is 6. The molecule has 2 aromatic rings. The maximum absolute atomic E-state index is 11.9. The second kappa shape index (κ2) is 8.04. The number of benzene rings is 2. The molecule has 0 aliphatic carbocycles. The number of carbonyl (C=O) groups excluding carboxylic acids is 1. The lowest BCUT2D eigenvalue weighted by Gasteiger charge is -2.15. The number of ether oxygens (including phenoxy) is 1. The van der Waals surface area contributed by atoms with Crippen molar-refractivity contribution < 1.29 is 9.53 Å². The fourth-order valence-corrected chi connectivity index (χ4v) is 2.73. The maximum Gasteiger partial charge on any atom is 0.241 e. The van der Waals surface area contributed by atoms with Crippen LogP contribution in [0.15, 0.2) is 58.3 Å². The fraction of sp³-hybridized carbons (Fsp3) is 0.278. The van der Waals surface area contributed by atoms with Gasteiger partial charge in [-0.05, 0) is 54.4 Å². The van der Waals surface area contributed by atoms with E-state index in [9.17, 15) is 4.79 Å². The van der Waals surface area contributed by atoms with Crippen molar-refractivity contribution in [3.8, 4) is 5.75 Å². The predicted octanol–water partition coefficient (Wildman–Crippen LogP) is 3.77. The third-order valence-corrected chi connectivity index (χ3v) is 4.45. The molecule has 0 unspecified atom stereocenters. The van der Waals surface area contributed by atoms with Crippen molar-refractivity contribution in [1.82, 2.24) is 0 Å². The number of anilines is 1. The van der Waals surface area contributed by atoms with Crippen LogP contribution in [0.1, 0.15) is 13.8 Å². The van der Waals surface area contributed by atoms with Crippen LogP contribution in [0.25, 0.3) is 0 Å². The van der Waals surface area contributed by atoms with E-state index >= 15 is 0 Å². The molecule has 0 bridgehead atoms. The maximum atomic E-state index is 11.9. The van der Waals surface area contributed by atoms with Crippen LogP contribution < -0.4 is 15.8 Å². The van der Waals surface area contributed by atoms with Gasteiger partial charge in [-0.3, -0.25) is 4.79 Å². The van der Waals surface area contributed by atoms with E-state index in [4.69, 9.17) is 10.5 Å². The van der Waals surface area contributed by atoms with Crippen LogP contribution in [0.2, 0.25) is 0 Å². The Labute approximate surface area is 141 Å². The molecule has 0 aliphatic heterocycles. The molecule has 2 aromatic carbocycles. The minimum Gasteiger partial charge on any atom is -0.497 e. The molecule has 1 atom stereocenters. The Morgan fingerprint density at radius 3 is 2.04 bits per heavy atom. The molecule has 122 valence electrons. The Morgan fingerprint density at radius 1 is 1.04 bits per heavy atom. The highest BCUT2D eigenvalue weighted by molar-refractivity contribution is 7.99. The summed E-state index contributed by atoms with van der Waals surface area (Å²) in [5, 5.41) is 2.84. The number of amides is 1. The normalized spacial score (nSPS) is 12.0. The zero-order chi connectivity index (χ0) is 16.8. The Kier molecular flexibility index (Phi) is 6.07. The summed E-state index contributed by atoms with van der Waals surface area (Å²) in [6, 6.07) is 15.1. The van der Waals surface area contributed by atoms with Gasteiger partial charge in [0.15, 0.2) is 0 Å². The van der Waals surface area contributed by atoms with E-state index in [1.54, 1.807) is 18.9 Å². The second-order valence-corrected chi connectivity index (χ2v) is 6.71. The number of carbonyl (C=O) groups is 1. The molecule has 5 heteroatoms. The van der Waals surface area contributed by atoms with E-state index in [0.717, 1.165) is 21.2 Å². The van der Waals surface area contributed by atoms with Gasteiger partial charge in [0.2, 0.25) is 5.91 Å². The third kappa shape index (κ3) is 5.01. The van der Waals surface area contributed by atoms with Gasteiger partial charge in [-0.25, -0.2) is 0 Å². The van der Waals surface area contributed by atoms with Gasteiger partial charge in [0.05, 0.1) is 13.2 Å². The summed E-state index contributed by atoms with van der Waals surface area (Å²) in [4.78, 5) is 14.2. The van der Waals surface area contributed by atoms with Crippen LogP contribution in [0.3, 0.4) is 0 Å². The van der Waals surface area contributed by atoms with Gasteiger partial charge in [-0.15, -0.1) is 0 Å². The first-order valence-electron chi connectivity index (χ1n) is 7.48. The molecule has 0 spiro atoms. The SMILES string of the molecule is COc1ccc(Sc2ccc(NC(=O)[C@@H](N)C(C)C)cc2)cc1. The summed E-state index contributed by atoms with van der Waals surface area (Å²) in [6.45, 7) is 3.86. The summed E-state index contributed by atoms with van der Waals surface area (Å²) in [5.41, 5.74) is 6.59. The molecular formula is C18H22N2O2S. The largest absolute Gasteiger partial charge is 0.497 e. The van der Waals surface area contributed by atoms with Gasteiger partial charge >= 0.3 is 0 Å². The van der Waals surface area contributed by atoms with Crippen molar-refractivity contribution in [2.24, 2.45) is 11.7 Å². The number of nitrogens with one attached hydrogen (secondary N) is 1. The van der Waals surface area contributed by atoms with E-state index in [1.165, 1.54) is 0 Å². The smallest absolute Gasteiger partial charge is 0.241 e. The van der Waals surface area contributed by atoms with Crippen molar-refractivity contribution in [1.29, 1.82) is 0 Å². The number of nitrogens with two attached hydrogens (primary N) is 1. The van der Waals surface area contributed by atoms with Crippen LogP contribution >= 0.6 is 11.8 Å². The minimum atomic E-state index is -0.497. The summed E-state index contributed by atoms with van der Waals surface area (Å²) < 4.78 is 5.15. The van der Waals surface area contributed by atoms with Gasteiger partial charge in [0.25, 0.3) is 0 Å². The lowest BCUT2D eigenvalue weighted by Crippen LogP contribution is -2.39. The molecular weight excluding hydrogens is 308 g/mol. The highest BCUT2D eigenvalue weighted by Gasteiger charge is 2.16. The molecule has 0 saturated carbocycles. The number of hydrogen-bond acceptors (Lipinski definition) is 4. The van der Waals surface area contributed by atoms with Crippen LogP contribution in [0, 0.1) is 5.92 Å². The monoisotopic (exact) mass is 330 g/mol. The molecule has 0 fully saturated rings. The molecule has 3 N–H and O–H groups in total. The quantitative estimate of drug-likeness (QED) is 0.846. The number of methoxy groups -OCH3 is 1. The summed E-state index contributed by atoms with van der Waals surface area (Å²) in [5.74, 6) is 0.796. The van der Waals surface area contributed by atoms with Crippen molar-refractivity contribution in [3.05, 3.63) is 48.5 Å². The zero-order valence-electron chi connectivity index (χ0n) is 13.6. The van der Waals surface area contributed by atoms with Crippen LogP contribution in [-0.2, 0) is 4.79 Å². The van der Waals surface area contributed by atoms with Crippen molar-refractivity contribution >= 4 is 23.4 Å². The van der Waals surface area contributed by atoms with E-state index in [0.29, 0.717) is 0 Å². The van der Waals surface area contributed by atoms with E-state index in [1.807, 2.05) is 62.4 Å². The summed E-state index contributed by atoms with van der Waals surface area (Å²) >= 11 is 1.65. The van der Waals surface area contributed by atoms with E-state index < -0.39 is 6.04 Å². The van der Waals surface area contributed by atoms with Gasteiger partial charge in [-0.1, -0.05) is 25.6 Å². The molecule has 0 aliphatic rings. The highest BCUT2D eigenvalue weighted by Crippen LogP contribution is 2.29. The van der Waals surface area contributed by atoms with Gasteiger partial charge in [0, 0.05) is 15.5 Å². The molecule has 0 aromatic heterocycles. The average molecular weight is 330 g/mol.